The topological polar surface area (TPSA) is 29.9 Å². The summed E-state index contributed by atoms with van der Waals surface area (Å²) in [6, 6.07) is 1.29. The zero-order valence-electron chi connectivity index (χ0n) is 10.2. The van der Waals surface area contributed by atoms with Crippen molar-refractivity contribution in [2.75, 3.05) is 6.54 Å². The van der Waals surface area contributed by atoms with Crippen molar-refractivity contribution in [3.8, 4) is 0 Å². The minimum atomic E-state index is 0.629. The van der Waals surface area contributed by atoms with Gasteiger partial charge in [-0.05, 0) is 32.2 Å². The maximum Gasteiger partial charge on any atom is 0.0949 e. The average Bonchev–Trinajstić information content (AvgIpc) is 2.94. The molecule has 90 valence electrons. The first-order chi connectivity index (χ1) is 7.92. The molecule has 1 aromatic heterocycles. The van der Waals surface area contributed by atoms with Gasteiger partial charge in [-0.2, -0.15) is 0 Å². The number of nitrogens with one attached hydrogen (secondary N) is 1. The van der Waals surface area contributed by atoms with Gasteiger partial charge in [0.05, 0.1) is 6.33 Å². The van der Waals surface area contributed by atoms with E-state index in [-0.39, 0.29) is 0 Å². The summed E-state index contributed by atoms with van der Waals surface area (Å²) in [6.45, 7) is 3.42. The molecule has 1 N–H and O–H groups in total. The number of hydrogen-bond donors (Lipinski definition) is 1. The maximum atomic E-state index is 4.15. The van der Waals surface area contributed by atoms with E-state index in [2.05, 4.69) is 28.0 Å². The number of imidazole rings is 1. The number of hydrogen-bond acceptors (Lipinski definition) is 2. The van der Waals surface area contributed by atoms with E-state index in [1.54, 1.807) is 0 Å². The molecule has 0 aliphatic heterocycles. The van der Waals surface area contributed by atoms with Gasteiger partial charge in [0.25, 0.3) is 0 Å². The number of nitrogens with zero attached hydrogens (tertiary/aromatic N) is 2. The van der Waals surface area contributed by atoms with Gasteiger partial charge in [0.15, 0.2) is 0 Å². The van der Waals surface area contributed by atoms with Crippen molar-refractivity contribution < 1.29 is 0 Å². The maximum absolute atomic E-state index is 4.15. The highest BCUT2D eigenvalue weighted by Gasteiger charge is 2.27. The first kappa shape index (κ1) is 11.6. The zero-order valence-corrected chi connectivity index (χ0v) is 10.2. The lowest BCUT2D eigenvalue weighted by Gasteiger charge is -2.22. The highest BCUT2D eigenvalue weighted by molar-refractivity contribution is 4.91. The standard InChI is InChI=1S/C13H23N3/c1-2-3-4-8-15-12-6-5-7-13(12)16-10-9-14-11-16/h9-13,15H,2-8H2,1H3. The third-order valence-electron chi connectivity index (χ3n) is 3.57. The molecular formula is C13H23N3. The molecule has 1 aliphatic carbocycles. The fourth-order valence-corrected chi connectivity index (χ4v) is 2.66. The first-order valence-corrected chi connectivity index (χ1v) is 6.62. The van der Waals surface area contributed by atoms with E-state index in [4.69, 9.17) is 0 Å². The molecule has 2 unspecified atom stereocenters. The SMILES string of the molecule is CCCCCNC1CCCC1n1ccnc1. The molecule has 1 aromatic rings. The van der Waals surface area contributed by atoms with Gasteiger partial charge in [0, 0.05) is 24.5 Å². The summed E-state index contributed by atoms with van der Waals surface area (Å²) in [5.74, 6) is 0. The van der Waals surface area contributed by atoms with E-state index in [0.717, 1.165) is 0 Å². The Morgan fingerprint density at radius 2 is 2.31 bits per heavy atom. The van der Waals surface area contributed by atoms with Crippen molar-refractivity contribution in [1.29, 1.82) is 0 Å². The largest absolute Gasteiger partial charge is 0.333 e. The summed E-state index contributed by atoms with van der Waals surface area (Å²) >= 11 is 0. The van der Waals surface area contributed by atoms with Crippen molar-refractivity contribution in [3.63, 3.8) is 0 Å². The normalized spacial score (nSPS) is 25.1. The fraction of sp³-hybridized carbons (Fsp3) is 0.769. The average molecular weight is 221 g/mol. The number of unbranched alkanes of at least 4 members (excludes halogenated alkanes) is 2. The van der Waals surface area contributed by atoms with Crippen LogP contribution in [0.5, 0.6) is 0 Å². The van der Waals surface area contributed by atoms with Crippen LogP contribution in [0.25, 0.3) is 0 Å². The van der Waals surface area contributed by atoms with E-state index >= 15 is 0 Å². The molecule has 16 heavy (non-hydrogen) atoms. The molecule has 1 aliphatic rings. The zero-order chi connectivity index (χ0) is 11.2. The van der Waals surface area contributed by atoms with Crippen LogP contribution in [0.3, 0.4) is 0 Å². The van der Waals surface area contributed by atoms with Crippen LogP contribution < -0.4 is 5.32 Å². The van der Waals surface area contributed by atoms with E-state index in [0.29, 0.717) is 12.1 Å². The second kappa shape index (κ2) is 6.04. The van der Waals surface area contributed by atoms with Gasteiger partial charge >= 0.3 is 0 Å². The van der Waals surface area contributed by atoms with Crippen LogP contribution >= 0.6 is 0 Å². The molecule has 1 heterocycles. The lowest BCUT2D eigenvalue weighted by Crippen LogP contribution is -2.34. The molecule has 0 aromatic carbocycles. The van der Waals surface area contributed by atoms with Crippen LogP contribution in [0.1, 0.15) is 51.5 Å². The van der Waals surface area contributed by atoms with E-state index in [1.807, 2.05) is 12.5 Å². The van der Waals surface area contributed by atoms with Crippen LogP contribution in [-0.2, 0) is 0 Å². The Kier molecular flexibility index (Phi) is 4.40. The van der Waals surface area contributed by atoms with Gasteiger partial charge < -0.3 is 9.88 Å². The molecule has 1 fully saturated rings. The van der Waals surface area contributed by atoms with E-state index in [9.17, 15) is 0 Å². The van der Waals surface area contributed by atoms with Gasteiger partial charge in [0.2, 0.25) is 0 Å². The molecule has 1 saturated carbocycles. The van der Waals surface area contributed by atoms with E-state index < -0.39 is 0 Å². The molecular weight excluding hydrogens is 198 g/mol. The Bertz CT molecular complexity index is 281. The lowest BCUT2D eigenvalue weighted by molar-refractivity contribution is 0.388. The number of rotatable bonds is 6. The highest BCUT2D eigenvalue weighted by Crippen LogP contribution is 2.29. The summed E-state index contributed by atoms with van der Waals surface area (Å²) in [5, 5.41) is 3.71. The van der Waals surface area contributed by atoms with Crippen molar-refractivity contribution >= 4 is 0 Å². The van der Waals surface area contributed by atoms with Gasteiger partial charge in [0.1, 0.15) is 0 Å². The molecule has 3 heteroatoms. The molecule has 0 saturated heterocycles. The predicted octanol–water partition coefficient (Wildman–Crippen LogP) is 2.76. The molecule has 2 rings (SSSR count). The Hall–Kier alpha value is -0.830. The first-order valence-electron chi connectivity index (χ1n) is 6.62. The second-order valence-corrected chi connectivity index (χ2v) is 4.78. The Morgan fingerprint density at radius 1 is 1.38 bits per heavy atom. The van der Waals surface area contributed by atoms with Crippen molar-refractivity contribution in [3.05, 3.63) is 18.7 Å². The Labute approximate surface area is 98.3 Å². The quantitative estimate of drug-likeness (QED) is 0.749. The summed E-state index contributed by atoms with van der Waals surface area (Å²) in [7, 11) is 0. The third-order valence-corrected chi connectivity index (χ3v) is 3.57. The predicted molar refractivity (Wildman–Crippen MR) is 66.4 cm³/mol. The summed E-state index contributed by atoms with van der Waals surface area (Å²) in [5.41, 5.74) is 0. The highest BCUT2D eigenvalue weighted by atomic mass is 15.1. The van der Waals surface area contributed by atoms with Crippen LogP contribution in [0.15, 0.2) is 18.7 Å². The van der Waals surface area contributed by atoms with E-state index in [1.165, 1.54) is 45.1 Å². The van der Waals surface area contributed by atoms with Crippen LogP contribution in [0.4, 0.5) is 0 Å². The van der Waals surface area contributed by atoms with Crippen LogP contribution in [0, 0.1) is 0 Å². The monoisotopic (exact) mass is 221 g/mol. The van der Waals surface area contributed by atoms with Gasteiger partial charge in [-0.15, -0.1) is 0 Å². The van der Waals surface area contributed by atoms with Gasteiger partial charge in [-0.1, -0.05) is 19.8 Å². The Morgan fingerprint density at radius 3 is 3.06 bits per heavy atom. The minimum absolute atomic E-state index is 0.629. The molecule has 3 nitrogen and oxygen atoms in total. The smallest absolute Gasteiger partial charge is 0.0949 e. The van der Waals surface area contributed by atoms with Crippen molar-refractivity contribution in [2.45, 2.75) is 57.5 Å². The fourth-order valence-electron chi connectivity index (χ4n) is 2.66. The summed E-state index contributed by atoms with van der Waals surface area (Å²) in [4.78, 5) is 4.15. The lowest BCUT2D eigenvalue weighted by atomic mass is 10.1. The molecule has 0 spiro atoms. The molecule has 0 bridgehead atoms. The van der Waals surface area contributed by atoms with Crippen molar-refractivity contribution in [1.82, 2.24) is 14.9 Å². The third kappa shape index (κ3) is 2.85. The number of aromatic nitrogens is 2. The summed E-state index contributed by atoms with van der Waals surface area (Å²) in [6.07, 6.45) is 13.8. The second-order valence-electron chi connectivity index (χ2n) is 4.78. The van der Waals surface area contributed by atoms with Gasteiger partial charge in [-0.3, -0.25) is 0 Å². The van der Waals surface area contributed by atoms with Crippen molar-refractivity contribution in [2.24, 2.45) is 0 Å². The van der Waals surface area contributed by atoms with Crippen LogP contribution in [0.2, 0.25) is 0 Å². The molecule has 0 amide bonds. The summed E-state index contributed by atoms with van der Waals surface area (Å²) < 4.78 is 2.27. The molecule has 2 atom stereocenters. The van der Waals surface area contributed by atoms with Gasteiger partial charge in [-0.25, -0.2) is 4.98 Å². The minimum Gasteiger partial charge on any atom is -0.333 e. The molecule has 0 radical (unpaired) electrons. The Balaban J connectivity index is 1.80. The van der Waals surface area contributed by atoms with Crippen LogP contribution in [-0.4, -0.2) is 22.1 Å².